The molecule has 0 aliphatic heterocycles. The molecule has 4 nitrogen and oxygen atoms in total. The molecule has 0 aromatic heterocycles. The zero-order valence-electron chi connectivity index (χ0n) is 15.5. The molecule has 0 bridgehead atoms. The molecule has 2 rings (SSSR count). The molecule has 0 saturated heterocycles. The Balaban J connectivity index is 1.93. The molecule has 0 heterocycles. The number of ether oxygens (including phenoxy) is 2. The quantitative estimate of drug-likeness (QED) is 0.340. The van der Waals surface area contributed by atoms with Gasteiger partial charge >= 0.3 is 5.97 Å². The predicted molar refractivity (Wildman–Crippen MR) is 102 cm³/mol. The number of hydrogen-bond donors (Lipinski definition) is 0. The number of hydrogen-bond acceptors (Lipinski definition) is 4. The molecule has 0 aliphatic carbocycles. The van der Waals surface area contributed by atoms with E-state index in [1.807, 2.05) is 36.4 Å². The Bertz CT molecular complexity index is 702. The summed E-state index contributed by atoms with van der Waals surface area (Å²) in [6, 6.07) is 15.4. The molecule has 2 aromatic carbocycles. The Morgan fingerprint density at radius 2 is 1.46 bits per heavy atom. The van der Waals surface area contributed by atoms with Crippen molar-refractivity contribution in [1.82, 2.24) is 0 Å². The summed E-state index contributed by atoms with van der Waals surface area (Å²) < 4.78 is 10.3. The van der Waals surface area contributed by atoms with Gasteiger partial charge in [-0.1, -0.05) is 56.2 Å². The number of esters is 1. The van der Waals surface area contributed by atoms with Crippen LogP contribution in [0.25, 0.3) is 11.1 Å². The highest BCUT2D eigenvalue weighted by molar-refractivity contribution is 5.97. The molecule has 0 spiro atoms. The van der Waals surface area contributed by atoms with Crippen molar-refractivity contribution in [1.29, 1.82) is 0 Å². The third kappa shape index (κ3) is 6.03. The van der Waals surface area contributed by atoms with Gasteiger partial charge in [-0.15, -0.1) is 0 Å². The lowest BCUT2D eigenvalue weighted by Crippen LogP contribution is -2.05. The van der Waals surface area contributed by atoms with Gasteiger partial charge in [-0.2, -0.15) is 0 Å². The summed E-state index contributed by atoms with van der Waals surface area (Å²) in [5, 5.41) is 0. The van der Waals surface area contributed by atoms with E-state index < -0.39 is 0 Å². The molecule has 0 radical (unpaired) electrons. The van der Waals surface area contributed by atoms with Crippen molar-refractivity contribution in [2.24, 2.45) is 0 Å². The summed E-state index contributed by atoms with van der Waals surface area (Å²) in [6.45, 7) is 2.92. The van der Waals surface area contributed by atoms with Crippen molar-refractivity contribution in [2.45, 2.75) is 39.0 Å². The second kappa shape index (κ2) is 10.4. The molecular weight excluding hydrogens is 328 g/mol. The van der Waals surface area contributed by atoms with E-state index in [9.17, 15) is 9.59 Å². The van der Waals surface area contributed by atoms with E-state index in [4.69, 9.17) is 4.74 Å². The molecular formula is C22H26O4. The summed E-state index contributed by atoms with van der Waals surface area (Å²) in [6.07, 6.45) is 3.71. The van der Waals surface area contributed by atoms with Crippen LogP contribution in [0.15, 0.2) is 48.5 Å². The van der Waals surface area contributed by atoms with Gasteiger partial charge in [0.2, 0.25) is 0 Å². The molecule has 4 heteroatoms. The van der Waals surface area contributed by atoms with E-state index in [0.717, 1.165) is 29.9 Å². The van der Waals surface area contributed by atoms with E-state index >= 15 is 0 Å². The van der Waals surface area contributed by atoms with Crippen molar-refractivity contribution in [3.05, 3.63) is 54.1 Å². The van der Waals surface area contributed by atoms with Crippen LogP contribution >= 0.6 is 0 Å². The van der Waals surface area contributed by atoms with Crippen molar-refractivity contribution >= 4 is 11.8 Å². The molecule has 0 amide bonds. The van der Waals surface area contributed by atoms with E-state index in [1.165, 1.54) is 20.0 Å². The molecule has 0 saturated carbocycles. The van der Waals surface area contributed by atoms with Crippen LogP contribution in [0.5, 0.6) is 5.75 Å². The topological polar surface area (TPSA) is 52.6 Å². The molecule has 138 valence electrons. The maximum absolute atomic E-state index is 12.1. The minimum atomic E-state index is -0.369. The van der Waals surface area contributed by atoms with E-state index in [2.05, 4.69) is 11.7 Å². The number of carbonyl (C=O) groups is 2. The summed E-state index contributed by atoms with van der Waals surface area (Å²) >= 11 is 0. The SMILES string of the molecule is CCCCCOc1ccc(-c2ccc(C(=O)CCC(=O)OC)cc2)cc1. The number of rotatable bonds is 10. The minimum absolute atomic E-state index is 0.0576. The monoisotopic (exact) mass is 354 g/mol. The van der Waals surface area contributed by atoms with Gasteiger partial charge < -0.3 is 9.47 Å². The van der Waals surface area contributed by atoms with Crippen molar-refractivity contribution in [2.75, 3.05) is 13.7 Å². The number of benzene rings is 2. The van der Waals surface area contributed by atoms with E-state index in [1.54, 1.807) is 12.1 Å². The van der Waals surface area contributed by atoms with Crippen LogP contribution in [0.4, 0.5) is 0 Å². The average molecular weight is 354 g/mol. The Hall–Kier alpha value is -2.62. The molecule has 0 N–H and O–H groups in total. The third-order valence-electron chi connectivity index (χ3n) is 4.20. The Morgan fingerprint density at radius 3 is 2.04 bits per heavy atom. The number of Topliss-reactive ketones (excluding diaryl/α,β-unsaturated/α-hetero) is 1. The maximum atomic E-state index is 12.1. The fraction of sp³-hybridized carbons (Fsp3) is 0.364. The first-order valence-corrected chi connectivity index (χ1v) is 9.07. The van der Waals surface area contributed by atoms with Gasteiger partial charge in [-0.05, 0) is 29.7 Å². The average Bonchev–Trinajstić information content (AvgIpc) is 2.69. The number of carbonyl (C=O) groups excluding carboxylic acids is 2. The second-order valence-corrected chi connectivity index (χ2v) is 6.16. The van der Waals surface area contributed by atoms with E-state index in [-0.39, 0.29) is 24.6 Å². The lowest BCUT2D eigenvalue weighted by Gasteiger charge is -2.08. The van der Waals surface area contributed by atoms with Crippen molar-refractivity contribution in [3.63, 3.8) is 0 Å². The minimum Gasteiger partial charge on any atom is -0.494 e. The van der Waals surface area contributed by atoms with Gasteiger partial charge in [-0.3, -0.25) is 9.59 Å². The highest BCUT2D eigenvalue weighted by Gasteiger charge is 2.09. The summed E-state index contributed by atoms with van der Waals surface area (Å²) in [4.78, 5) is 23.2. The maximum Gasteiger partial charge on any atom is 0.305 e. The van der Waals surface area contributed by atoms with Gasteiger partial charge in [0.1, 0.15) is 5.75 Å². The van der Waals surface area contributed by atoms with Gasteiger partial charge in [0.15, 0.2) is 5.78 Å². The number of ketones is 1. The van der Waals surface area contributed by atoms with Crippen LogP contribution in [0.2, 0.25) is 0 Å². The first kappa shape index (κ1) is 19.7. The fourth-order valence-electron chi connectivity index (χ4n) is 2.60. The molecule has 0 fully saturated rings. The zero-order valence-corrected chi connectivity index (χ0v) is 15.5. The van der Waals surface area contributed by atoms with Gasteiger partial charge in [0.05, 0.1) is 20.1 Å². The highest BCUT2D eigenvalue weighted by atomic mass is 16.5. The van der Waals surface area contributed by atoms with Gasteiger partial charge in [0, 0.05) is 12.0 Å². The lowest BCUT2D eigenvalue weighted by molar-refractivity contribution is -0.140. The molecule has 26 heavy (non-hydrogen) atoms. The largest absolute Gasteiger partial charge is 0.494 e. The third-order valence-corrected chi connectivity index (χ3v) is 4.20. The first-order valence-electron chi connectivity index (χ1n) is 9.07. The fourth-order valence-corrected chi connectivity index (χ4v) is 2.60. The summed E-state index contributed by atoms with van der Waals surface area (Å²) in [7, 11) is 1.32. The van der Waals surface area contributed by atoms with Crippen molar-refractivity contribution in [3.8, 4) is 16.9 Å². The normalized spacial score (nSPS) is 10.4. The van der Waals surface area contributed by atoms with Gasteiger partial charge in [-0.25, -0.2) is 0 Å². The lowest BCUT2D eigenvalue weighted by atomic mass is 10.0. The van der Waals surface area contributed by atoms with Crippen molar-refractivity contribution < 1.29 is 19.1 Å². The zero-order chi connectivity index (χ0) is 18.8. The van der Waals surface area contributed by atoms with Gasteiger partial charge in [0.25, 0.3) is 0 Å². The Labute approximate surface area is 155 Å². The Kier molecular flexibility index (Phi) is 7.87. The molecule has 2 aromatic rings. The predicted octanol–water partition coefficient (Wildman–Crippen LogP) is 5.06. The van der Waals surface area contributed by atoms with E-state index in [0.29, 0.717) is 5.56 Å². The van der Waals surface area contributed by atoms with Crippen LogP contribution < -0.4 is 4.74 Å². The van der Waals surface area contributed by atoms with Crippen LogP contribution in [-0.4, -0.2) is 25.5 Å². The number of methoxy groups -OCH3 is 1. The number of unbranched alkanes of at least 4 members (excludes halogenated alkanes) is 2. The standard InChI is InChI=1S/C22H26O4/c1-3-4-5-16-26-20-12-10-18(11-13-20)17-6-8-19(9-7-17)21(23)14-15-22(24)25-2/h6-13H,3-5,14-16H2,1-2H3. The highest BCUT2D eigenvalue weighted by Crippen LogP contribution is 2.23. The smallest absolute Gasteiger partial charge is 0.305 e. The second-order valence-electron chi connectivity index (χ2n) is 6.16. The summed E-state index contributed by atoms with van der Waals surface area (Å²) in [5.41, 5.74) is 2.71. The Morgan fingerprint density at radius 1 is 0.846 bits per heavy atom. The molecule has 0 aliphatic rings. The van der Waals surface area contributed by atoms with Crippen LogP contribution in [0, 0.1) is 0 Å². The first-order chi connectivity index (χ1) is 12.6. The molecule has 0 atom stereocenters. The summed E-state index contributed by atoms with van der Waals surface area (Å²) in [5.74, 6) is 0.448. The van der Waals surface area contributed by atoms with Crippen LogP contribution in [0.3, 0.4) is 0 Å². The molecule has 0 unspecified atom stereocenters. The van der Waals surface area contributed by atoms with Crippen LogP contribution in [0.1, 0.15) is 49.4 Å². The van der Waals surface area contributed by atoms with Crippen LogP contribution in [-0.2, 0) is 9.53 Å².